The van der Waals surface area contributed by atoms with E-state index in [1.165, 1.54) is 11.8 Å². The minimum Gasteiger partial charge on any atom is -0.477 e. The number of hydrogen-bond acceptors (Lipinski definition) is 4. The number of aliphatic carboxylic acids is 1. The predicted octanol–water partition coefficient (Wildman–Crippen LogP) is 3.03. The van der Waals surface area contributed by atoms with Crippen LogP contribution in [-0.2, 0) is 14.4 Å². The van der Waals surface area contributed by atoms with E-state index in [1.54, 1.807) is 0 Å². The maximum absolute atomic E-state index is 13.0. The number of carbonyl (C=O) groups is 3. The molecule has 0 aromatic heterocycles. The lowest BCUT2D eigenvalue weighted by Crippen LogP contribution is -2.58. The zero-order valence-electron chi connectivity index (χ0n) is 17.4. The van der Waals surface area contributed by atoms with Crippen molar-refractivity contribution in [3.63, 3.8) is 0 Å². The van der Waals surface area contributed by atoms with E-state index in [2.05, 4.69) is 0 Å². The van der Waals surface area contributed by atoms with Crippen molar-refractivity contribution in [3.05, 3.63) is 91.0 Å². The standard InChI is InChI=1S/C25H22NO4PS/c1-18(27)32-23-17-22(28)26(23)24(25(29)30)31(19-11-5-2-6-12-19,20-13-7-3-8-14-20)21-15-9-4-10-16-21/h2-16,23H,17H2,1H3,(H,29,30). The van der Waals surface area contributed by atoms with Crippen LogP contribution in [0.2, 0.25) is 0 Å². The number of nitrogens with zero attached hydrogens (tertiary/aromatic N) is 1. The Bertz CT molecular complexity index is 1110. The third kappa shape index (κ3) is 3.81. The molecular formula is C25H22NO4PS. The van der Waals surface area contributed by atoms with E-state index in [9.17, 15) is 19.5 Å². The van der Waals surface area contributed by atoms with Crippen molar-refractivity contribution in [2.45, 2.75) is 18.7 Å². The molecule has 7 heteroatoms. The number of carboxylic acid groups (broad SMARTS) is 1. The van der Waals surface area contributed by atoms with Crippen LogP contribution >= 0.6 is 18.6 Å². The second-order valence-electron chi connectivity index (χ2n) is 7.34. The van der Waals surface area contributed by atoms with Gasteiger partial charge in [-0.05, 0) is 15.9 Å². The molecule has 0 spiro atoms. The molecular weight excluding hydrogens is 441 g/mol. The molecule has 5 nitrogen and oxygen atoms in total. The molecule has 0 saturated carbocycles. The second kappa shape index (κ2) is 9.19. The summed E-state index contributed by atoms with van der Waals surface area (Å²) in [7, 11) is 0. The highest BCUT2D eigenvalue weighted by atomic mass is 32.2. The highest BCUT2D eigenvalue weighted by Crippen LogP contribution is 2.49. The molecule has 1 atom stereocenters. The minimum absolute atomic E-state index is 0.0381. The highest BCUT2D eigenvalue weighted by Gasteiger charge is 2.47. The summed E-state index contributed by atoms with van der Waals surface area (Å²) < 4.78 is 0. The van der Waals surface area contributed by atoms with Gasteiger partial charge in [0.05, 0.1) is 11.8 Å². The van der Waals surface area contributed by atoms with Gasteiger partial charge in [0.15, 0.2) is 5.12 Å². The molecule has 0 aliphatic carbocycles. The van der Waals surface area contributed by atoms with Gasteiger partial charge in [0.2, 0.25) is 5.91 Å². The second-order valence-corrected chi connectivity index (χ2v) is 12.0. The Labute approximate surface area is 191 Å². The van der Waals surface area contributed by atoms with E-state index in [0.29, 0.717) is 0 Å². The van der Waals surface area contributed by atoms with Crippen LogP contribution in [0, 0.1) is 0 Å². The summed E-state index contributed by atoms with van der Waals surface area (Å²) >= 11 is 1.00. The molecule has 1 saturated heterocycles. The number of carboxylic acids is 1. The number of β-lactam (4-membered cyclic amide) rings is 1. The predicted molar refractivity (Wildman–Crippen MR) is 131 cm³/mol. The molecule has 3 aromatic carbocycles. The topological polar surface area (TPSA) is 74.7 Å². The Hall–Kier alpha value is -3.08. The molecule has 3 aromatic rings. The number of thioether (sulfide) groups is 1. The van der Waals surface area contributed by atoms with Crippen molar-refractivity contribution in [1.82, 2.24) is 4.90 Å². The molecule has 0 bridgehead atoms. The Morgan fingerprint density at radius 3 is 1.56 bits per heavy atom. The van der Waals surface area contributed by atoms with Crippen LogP contribution in [0.4, 0.5) is 0 Å². The summed E-state index contributed by atoms with van der Waals surface area (Å²) in [5, 5.41) is 12.4. The summed E-state index contributed by atoms with van der Waals surface area (Å²) in [5.41, 5.74) is 0.0381. The van der Waals surface area contributed by atoms with Gasteiger partial charge in [0.1, 0.15) is 5.42 Å². The number of likely N-dealkylation sites (tertiary alicyclic amines) is 1. The molecule has 32 heavy (non-hydrogen) atoms. The van der Waals surface area contributed by atoms with Gasteiger partial charge >= 0.3 is 5.97 Å². The first-order valence-electron chi connectivity index (χ1n) is 10.1. The zero-order chi connectivity index (χ0) is 22.7. The highest BCUT2D eigenvalue weighted by molar-refractivity contribution is 8.14. The van der Waals surface area contributed by atoms with E-state index in [0.717, 1.165) is 27.7 Å². The average Bonchev–Trinajstić information content (AvgIpc) is 2.80. The molecule has 1 unspecified atom stereocenters. The van der Waals surface area contributed by atoms with E-state index in [-0.39, 0.29) is 22.9 Å². The van der Waals surface area contributed by atoms with Gasteiger partial charge in [0, 0.05) is 13.8 Å². The van der Waals surface area contributed by atoms with Gasteiger partial charge in [0.25, 0.3) is 0 Å². The smallest absolute Gasteiger partial charge is 0.353 e. The van der Waals surface area contributed by atoms with Gasteiger partial charge in [-0.1, -0.05) is 103 Å². The SMILES string of the molecule is CC(=O)SC1CC(=O)N1C(C(=O)O)=P(c1ccccc1)(c1ccccc1)c1ccccc1. The van der Waals surface area contributed by atoms with E-state index < -0.39 is 18.2 Å². The molecule has 1 aliphatic rings. The van der Waals surface area contributed by atoms with Crippen molar-refractivity contribution in [2.75, 3.05) is 0 Å². The van der Waals surface area contributed by atoms with Gasteiger partial charge in [-0.3, -0.25) is 14.5 Å². The quantitative estimate of drug-likeness (QED) is 0.449. The van der Waals surface area contributed by atoms with Crippen molar-refractivity contribution >= 4 is 57.0 Å². The number of carbonyl (C=O) groups excluding carboxylic acids is 2. The number of hydrogen-bond donors (Lipinski definition) is 1. The molecule has 4 rings (SSSR count). The van der Waals surface area contributed by atoms with Crippen molar-refractivity contribution < 1.29 is 19.5 Å². The summed E-state index contributed by atoms with van der Waals surface area (Å²) in [5.74, 6) is -1.44. The summed E-state index contributed by atoms with van der Waals surface area (Å²) in [6.07, 6.45) is 0.138. The fraction of sp³-hybridized carbons (Fsp3) is 0.120. The Morgan fingerprint density at radius 2 is 1.25 bits per heavy atom. The van der Waals surface area contributed by atoms with Crippen LogP contribution in [0.5, 0.6) is 0 Å². The van der Waals surface area contributed by atoms with Gasteiger partial charge in [-0.2, -0.15) is 0 Å². The van der Waals surface area contributed by atoms with Crippen LogP contribution in [0.1, 0.15) is 13.3 Å². The molecule has 0 radical (unpaired) electrons. The van der Waals surface area contributed by atoms with Crippen molar-refractivity contribution in [1.29, 1.82) is 0 Å². The normalized spacial score (nSPS) is 15.7. The molecule has 1 fully saturated rings. The first-order chi connectivity index (χ1) is 15.5. The Morgan fingerprint density at radius 1 is 0.844 bits per heavy atom. The molecule has 162 valence electrons. The summed E-state index contributed by atoms with van der Waals surface area (Å²) in [6.45, 7) is -1.53. The van der Waals surface area contributed by atoms with Crippen LogP contribution in [0.25, 0.3) is 0 Å². The monoisotopic (exact) mass is 463 g/mol. The third-order valence-corrected chi connectivity index (χ3v) is 10.6. The molecule has 1 amide bonds. The molecule has 1 N–H and O–H groups in total. The maximum atomic E-state index is 13.0. The number of rotatable bonds is 6. The Balaban J connectivity index is 2.19. The zero-order valence-corrected chi connectivity index (χ0v) is 19.1. The first-order valence-corrected chi connectivity index (χ1v) is 12.8. The lowest BCUT2D eigenvalue weighted by Gasteiger charge is -2.43. The minimum atomic E-state index is -2.96. The van der Waals surface area contributed by atoms with Crippen molar-refractivity contribution in [2.24, 2.45) is 0 Å². The van der Waals surface area contributed by atoms with E-state index >= 15 is 0 Å². The largest absolute Gasteiger partial charge is 0.477 e. The van der Waals surface area contributed by atoms with E-state index in [1.807, 2.05) is 91.0 Å². The van der Waals surface area contributed by atoms with Gasteiger partial charge in [-0.25, -0.2) is 4.79 Å². The van der Waals surface area contributed by atoms with Crippen LogP contribution < -0.4 is 15.9 Å². The number of amides is 1. The molecule has 1 aliphatic heterocycles. The molecule has 1 heterocycles. The van der Waals surface area contributed by atoms with Crippen LogP contribution in [-0.4, -0.2) is 37.8 Å². The fourth-order valence-corrected chi connectivity index (χ4v) is 9.47. The Kier molecular flexibility index (Phi) is 6.35. The first kappa shape index (κ1) is 22.1. The van der Waals surface area contributed by atoms with Gasteiger partial charge in [-0.15, -0.1) is 0 Å². The summed E-state index contributed by atoms with van der Waals surface area (Å²) in [6, 6.07) is 28.5. The van der Waals surface area contributed by atoms with E-state index in [4.69, 9.17) is 0 Å². The van der Waals surface area contributed by atoms with Crippen molar-refractivity contribution in [3.8, 4) is 0 Å². The van der Waals surface area contributed by atoms with Gasteiger partial charge < -0.3 is 5.11 Å². The maximum Gasteiger partial charge on any atom is 0.353 e. The summed E-state index contributed by atoms with van der Waals surface area (Å²) in [4.78, 5) is 39.0. The lowest BCUT2D eigenvalue weighted by molar-refractivity contribution is -0.139. The third-order valence-electron chi connectivity index (χ3n) is 5.38. The lowest BCUT2D eigenvalue weighted by atomic mass is 10.2. The van der Waals surface area contributed by atoms with Crippen LogP contribution in [0.3, 0.4) is 0 Å². The van der Waals surface area contributed by atoms with Crippen LogP contribution in [0.15, 0.2) is 91.0 Å². The number of benzene rings is 3. The fourth-order valence-electron chi connectivity index (χ4n) is 4.10. The average molecular weight is 463 g/mol.